The first-order valence-corrected chi connectivity index (χ1v) is 10.3. The van der Waals surface area contributed by atoms with Crippen molar-refractivity contribution in [2.24, 2.45) is 0 Å². The zero-order chi connectivity index (χ0) is 19.4. The number of ether oxygens (including phenoxy) is 1. The predicted octanol–water partition coefficient (Wildman–Crippen LogP) is 7.87. The lowest BCUT2D eigenvalue weighted by Crippen LogP contribution is -2.02. The van der Waals surface area contributed by atoms with E-state index >= 15 is 0 Å². The summed E-state index contributed by atoms with van der Waals surface area (Å²) in [4.78, 5) is 0. The minimum absolute atomic E-state index is 0.134. The molecule has 0 aromatic heterocycles. The molecule has 1 nitrogen and oxygen atoms in total. The molecule has 0 saturated carbocycles. The summed E-state index contributed by atoms with van der Waals surface area (Å²) in [5.41, 5.74) is 4.65. The van der Waals surface area contributed by atoms with E-state index in [0.29, 0.717) is 6.10 Å². The Morgan fingerprint density at radius 1 is 0.846 bits per heavy atom. The molecule has 0 aromatic carbocycles. The molecule has 0 amide bonds. The van der Waals surface area contributed by atoms with Gasteiger partial charge in [0.1, 0.15) is 0 Å². The van der Waals surface area contributed by atoms with E-state index in [0.717, 1.165) is 32.1 Å². The molecule has 0 bridgehead atoms. The first kappa shape index (κ1) is 22.7. The van der Waals surface area contributed by atoms with Crippen LogP contribution in [0, 0.1) is 0 Å². The Morgan fingerprint density at radius 3 is 1.88 bits per heavy atom. The Kier molecular flexibility index (Phi) is 10.6. The lowest BCUT2D eigenvalue weighted by atomic mass is 10.0. The van der Waals surface area contributed by atoms with E-state index < -0.39 is 0 Å². The molecule has 1 saturated heterocycles. The highest BCUT2D eigenvalue weighted by atomic mass is 16.6. The van der Waals surface area contributed by atoms with Gasteiger partial charge in [-0.25, -0.2) is 0 Å². The van der Waals surface area contributed by atoms with E-state index in [9.17, 15) is 0 Å². The van der Waals surface area contributed by atoms with Gasteiger partial charge in [0, 0.05) is 0 Å². The number of allylic oxidation sites excluding steroid dienone is 9. The molecule has 0 aliphatic carbocycles. The molecule has 1 fully saturated rings. The topological polar surface area (TPSA) is 12.5 Å². The minimum atomic E-state index is 0.134. The third kappa shape index (κ3) is 10.6. The summed E-state index contributed by atoms with van der Waals surface area (Å²) in [5.74, 6) is 0. The van der Waals surface area contributed by atoms with Crippen molar-refractivity contribution in [1.82, 2.24) is 0 Å². The fraction of sp³-hybridized carbons (Fsp3) is 0.600. The molecule has 146 valence electrons. The number of rotatable bonds is 13. The summed E-state index contributed by atoms with van der Waals surface area (Å²) < 4.78 is 5.65. The summed E-state index contributed by atoms with van der Waals surface area (Å²) >= 11 is 0. The molecule has 0 radical (unpaired) electrons. The Bertz CT molecular complexity index is 543. The fourth-order valence-corrected chi connectivity index (χ4v) is 3.11. The van der Waals surface area contributed by atoms with Crippen molar-refractivity contribution in [2.75, 3.05) is 0 Å². The Labute approximate surface area is 162 Å². The van der Waals surface area contributed by atoms with Crippen LogP contribution in [-0.2, 0) is 4.74 Å². The summed E-state index contributed by atoms with van der Waals surface area (Å²) in [7, 11) is 0. The van der Waals surface area contributed by atoms with E-state index in [4.69, 9.17) is 4.74 Å². The van der Waals surface area contributed by atoms with Gasteiger partial charge in [0.25, 0.3) is 0 Å². The lowest BCUT2D eigenvalue weighted by molar-refractivity contribution is 0.320. The van der Waals surface area contributed by atoms with Crippen LogP contribution in [0.1, 0.15) is 86.0 Å². The molecule has 0 unspecified atom stereocenters. The van der Waals surface area contributed by atoms with Crippen molar-refractivity contribution < 1.29 is 4.74 Å². The molecule has 1 rings (SSSR count). The van der Waals surface area contributed by atoms with E-state index in [2.05, 4.69) is 65.5 Å². The summed E-state index contributed by atoms with van der Waals surface area (Å²) in [6.07, 6.45) is 23.0. The minimum Gasteiger partial charge on any atom is -0.367 e. The molecule has 1 aliphatic rings. The number of epoxide rings is 1. The highest BCUT2D eigenvalue weighted by Gasteiger charge is 2.46. The monoisotopic (exact) mass is 356 g/mol. The SMILES string of the molecule is C=C/C=C\CC/C(C)=C/CC/C=C(\C)CC/C=C(\C)CC[C@@H]1OC1(C)C. The van der Waals surface area contributed by atoms with E-state index in [-0.39, 0.29) is 5.60 Å². The van der Waals surface area contributed by atoms with Crippen LogP contribution in [0.3, 0.4) is 0 Å². The van der Waals surface area contributed by atoms with Crippen molar-refractivity contribution in [3.63, 3.8) is 0 Å². The molecule has 0 N–H and O–H groups in total. The number of unbranched alkanes of at least 4 members (excludes halogenated alkanes) is 1. The lowest BCUT2D eigenvalue weighted by Gasteiger charge is -2.02. The smallest absolute Gasteiger partial charge is 0.0892 e. The average molecular weight is 357 g/mol. The van der Waals surface area contributed by atoms with Crippen molar-refractivity contribution >= 4 is 0 Å². The Balaban J connectivity index is 2.13. The number of hydrogen-bond acceptors (Lipinski definition) is 1. The third-order valence-electron chi connectivity index (χ3n) is 5.13. The van der Waals surface area contributed by atoms with Crippen molar-refractivity contribution in [3.8, 4) is 0 Å². The van der Waals surface area contributed by atoms with Crippen LogP contribution in [0.15, 0.2) is 59.8 Å². The molecular weight excluding hydrogens is 316 g/mol. The van der Waals surface area contributed by atoms with Crippen LogP contribution in [0.4, 0.5) is 0 Å². The van der Waals surface area contributed by atoms with Crippen LogP contribution in [0.5, 0.6) is 0 Å². The van der Waals surface area contributed by atoms with Crippen LogP contribution in [-0.4, -0.2) is 11.7 Å². The Morgan fingerprint density at radius 2 is 1.35 bits per heavy atom. The van der Waals surface area contributed by atoms with E-state index in [1.54, 1.807) is 0 Å². The van der Waals surface area contributed by atoms with Gasteiger partial charge < -0.3 is 4.74 Å². The molecule has 1 heterocycles. The molecule has 1 aliphatic heterocycles. The second-order valence-electron chi connectivity index (χ2n) is 8.22. The van der Waals surface area contributed by atoms with Gasteiger partial charge in [-0.15, -0.1) is 0 Å². The van der Waals surface area contributed by atoms with Crippen molar-refractivity contribution in [3.05, 3.63) is 59.8 Å². The highest BCUT2D eigenvalue weighted by molar-refractivity contribution is 5.07. The van der Waals surface area contributed by atoms with Crippen LogP contribution >= 0.6 is 0 Å². The average Bonchev–Trinajstić information content (AvgIpc) is 3.20. The van der Waals surface area contributed by atoms with E-state index in [1.165, 1.54) is 36.0 Å². The second kappa shape index (κ2) is 12.1. The third-order valence-corrected chi connectivity index (χ3v) is 5.13. The molecule has 1 atom stereocenters. The molecule has 0 spiro atoms. The molecule has 1 heteroatoms. The molecule has 26 heavy (non-hydrogen) atoms. The zero-order valence-corrected chi connectivity index (χ0v) is 17.8. The van der Waals surface area contributed by atoms with E-state index in [1.807, 2.05) is 12.2 Å². The van der Waals surface area contributed by atoms with Crippen LogP contribution in [0.2, 0.25) is 0 Å². The van der Waals surface area contributed by atoms with Crippen molar-refractivity contribution in [1.29, 1.82) is 0 Å². The molecular formula is C25H40O. The number of hydrogen-bond donors (Lipinski definition) is 0. The van der Waals surface area contributed by atoms with Crippen molar-refractivity contribution in [2.45, 2.75) is 97.7 Å². The fourth-order valence-electron chi connectivity index (χ4n) is 3.11. The molecule has 0 aromatic rings. The summed E-state index contributed by atoms with van der Waals surface area (Å²) in [5, 5.41) is 0. The van der Waals surface area contributed by atoms with Gasteiger partial charge in [-0.1, -0.05) is 59.8 Å². The van der Waals surface area contributed by atoms with Gasteiger partial charge in [-0.2, -0.15) is 0 Å². The normalized spacial score (nSPS) is 20.7. The van der Waals surface area contributed by atoms with Crippen LogP contribution in [0.25, 0.3) is 0 Å². The van der Waals surface area contributed by atoms with Gasteiger partial charge in [-0.05, 0) is 86.0 Å². The predicted molar refractivity (Wildman–Crippen MR) is 116 cm³/mol. The summed E-state index contributed by atoms with van der Waals surface area (Å²) in [6, 6.07) is 0. The van der Waals surface area contributed by atoms with Gasteiger partial charge in [0.2, 0.25) is 0 Å². The van der Waals surface area contributed by atoms with Gasteiger partial charge in [0.15, 0.2) is 0 Å². The first-order chi connectivity index (χ1) is 12.3. The maximum Gasteiger partial charge on any atom is 0.0892 e. The van der Waals surface area contributed by atoms with Gasteiger partial charge >= 0.3 is 0 Å². The van der Waals surface area contributed by atoms with Crippen LogP contribution < -0.4 is 0 Å². The van der Waals surface area contributed by atoms with Gasteiger partial charge in [0.05, 0.1) is 11.7 Å². The first-order valence-electron chi connectivity index (χ1n) is 10.3. The highest BCUT2D eigenvalue weighted by Crippen LogP contribution is 2.38. The summed E-state index contributed by atoms with van der Waals surface area (Å²) in [6.45, 7) is 14.8. The zero-order valence-electron chi connectivity index (χ0n) is 17.8. The Hall–Kier alpha value is -1.34. The maximum atomic E-state index is 5.65. The van der Waals surface area contributed by atoms with Gasteiger partial charge in [-0.3, -0.25) is 0 Å². The maximum absolute atomic E-state index is 5.65. The largest absolute Gasteiger partial charge is 0.367 e. The standard InChI is InChI=1S/C25H40O/c1-7-8-9-10-14-21(2)15-11-12-16-22(3)17-13-18-23(4)19-20-24-25(5,6)26-24/h7-9,15-16,18,24H,1,10-14,17,19-20H2,2-6H3/b9-8-,21-15+,22-16+,23-18+/t24-/m0/s1. The second-order valence-corrected chi connectivity index (χ2v) is 8.22. The quantitative estimate of drug-likeness (QED) is 0.141.